The van der Waals surface area contributed by atoms with Gasteiger partial charge in [-0.25, -0.2) is 9.98 Å². The third-order valence-corrected chi connectivity index (χ3v) is 2.35. The minimum absolute atomic E-state index is 0.110. The van der Waals surface area contributed by atoms with E-state index >= 15 is 0 Å². The average molecular weight is 295 g/mol. The van der Waals surface area contributed by atoms with E-state index in [1.54, 1.807) is 11.4 Å². The second-order valence-electron chi connectivity index (χ2n) is 3.86. The predicted molar refractivity (Wildman–Crippen MR) is 59.4 cm³/mol. The maximum Gasteiger partial charge on any atom is 0.449 e. The highest BCUT2D eigenvalue weighted by Gasteiger charge is 2.46. The maximum atomic E-state index is 12.6. The molecule has 1 aliphatic heterocycles. The van der Waals surface area contributed by atoms with E-state index in [-0.39, 0.29) is 5.56 Å². The van der Waals surface area contributed by atoms with E-state index in [1.165, 1.54) is 24.3 Å². The van der Waals surface area contributed by atoms with Crippen molar-refractivity contribution in [1.29, 1.82) is 0 Å². The van der Waals surface area contributed by atoms with Crippen LogP contribution >= 0.6 is 0 Å². The Balaban J connectivity index is 2.42. The van der Waals surface area contributed by atoms with Gasteiger partial charge in [0.25, 0.3) is 0 Å². The maximum absolute atomic E-state index is 12.6. The molecule has 0 spiro atoms. The van der Waals surface area contributed by atoms with E-state index in [0.717, 1.165) is 0 Å². The Labute approximate surface area is 109 Å². The molecule has 108 valence electrons. The highest BCUT2D eigenvalue weighted by molar-refractivity contribution is 6.12. The molecule has 0 amide bonds. The van der Waals surface area contributed by atoms with Crippen LogP contribution in [0.5, 0.6) is 0 Å². The van der Waals surface area contributed by atoms with Crippen LogP contribution in [0.2, 0.25) is 0 Å². The van der Waals surface area contributed by atoms with Gasteiger partial charge in [0.1, 0.15) is 5.84 Å². The number of benzene rings is 1. The quantitative estimate of drug-likeness (QED) is 0.795. The van der Waals surface area contributed by atoms with Crippen molar-refractivity contribution in [1.82, 2.24) is 5.32 Å². The summed E-state index contributed by atoms with van der Waals surface area (Å²) in [6.07, 6.45) is -12.8. The van der Waals surface area contributed by atoms with E-state index in [9.17, 15) is 26.3 Å². The van der Waals surface area contributed by atoms with Gasteiger partial charge in [0.05, 0.1) is 0 Å². The molecule has 1 aromatic carbocycles. The third kappa shape index (κ3) is 3.09. The van der Waals surface area contributed by atoms with E-state index in [1.807, 2.05) is 0 Å². The number of hydrogen-bond donors (Lipinski definition) is 1. The van der Waals surface area contributed by atoms with Gasteiger partial charge >= 0.3 is 12.4 Å². The number of nitrogens with one attached hydrogen (secondary N) is 1. The number of nitrogens with zero attached hydrogens (tertiary/aromatic N) is 2. The first-order valence-corrected chi connectivity index (χ1v) is 5.30. The van der Waals surface area contributed by atoms with E-state index < -0.39 is 30.2 Å². The molecule has 0 aliphatic carbocycles. The number of aliphatic imine (C=N–C) groups is 2. The molecule has 1 atom stereocenters. The number of hydrogen-bond acceptors (Lipinski definition) is 3. The van der Waals surface area contributed by atoms with Gasteiger partial charge in [-0.1, -0.05) is 30.3 Å². The molecule has 3 nitrogen and oxygen atoms in total. The summed E-state index contributed by atoms with van der Waals surface area (Å²) in [6, 6.07) is 7.21. The van der Waals surface area contributed by atoms with Gasteiger partial charge in [0, 0.05) is 5.56 Å². The molecule has 1 N–H and O–H groups in total. The highest BCUT2D eigenvalue weighted by Crippen LogP contribution is 2.28. The number of alkyl halides is 6. The molecule has 1 aliphatic rings. The molecule has 0 saturated heterocycles. The van der Waals surface area contributed by atoms with Crippen LogP contribution in [0.4, 0.5) is 26.3 Å². The van der Waals surface area contributed by atoms with Crippen molar-refractivity contribution < 1.29 is 26.3 Å². The Bertz CT molecular complexity index is 544. The van der Waals surface area contributed by atoms with Crippen LogP contribution in [0.1, 0.15) is 5.56 Å². The molecule has 20 heavy (non-hydrogen) atoms. The lowest BCUT2D eigenvalue weighted by molar-refractivity contribution is -0.146. The van der Waals surface area contributed by atoms with Crippen LogP contribution in [0, 0.1) is 0 Å². The molecule has 0 radical (unpaired) electrons. The first-order valence-electron chi connectivity index (χ1n) is 5.30. The van der Waals surface area contributed by atoms with Gasteiger partial charge in [0.15, 0.2) is 0 Å². The minimum Gasteiger partial charge on any atom is -0.321 e. The zero-order valence-corrected chi connectivity index (χ0v) is 9.63. The number of amidine groups is 2. The van der Waals surface area contributed by atoms with Gasteiger partial charge in [0.2, 0.25) is 12.0 Å². The van der Waals surface area contributed by atoms with Crippen LogP contribution in [0.3, 0.4) is 0 Å². The molecular weight excluding hydrogens is 288 g/mol. The molecule has 0 bridgehead atoms. The van der Waals surface area contributed by atoms with Crippen LogP contribution in [0.15, 0.2) is 40.3 Å². The molecule has 1 heterocycles. The zero-order valence-electron chi connectivity index (χ0n) is 9.63. The lowest BCUT2D eigenvalue weighted by Gasteiger charge is -2.23. The predicted octanol–water partition coefficient (Wildman–Crippen LogP) is 2.89. The molecule has 0 fully saturated rings. The van der Waals surface area contributed by atoms with Gasteiger partial charge in [-0.15, -0.1) is 0 Å². The Morgan fingerprint density at radius 3 is 2.00 bits per heavy atom. The van der Waals surface area contributed by atoms with Gasteiger partial charge in [-0.05, 0) is 0 Å². The SMILES string of the molecule is FC(F)(F)C1=NC(C(F)(F)F)N=C(c2ccccc2)N1. The molecule has 0 saturated carbocycles. The van der Waals surface area contributed by atoms with Crippen molar-refractivity contribution in [3.05, 3.63) is 35.9 Å². The van der Waals surface area contributed by atoms with Crippen molar-refractivity contribution in [2.45, 2.75) is 18.5 Å². The third-order valence-electron chi connectivity index (χ3n) is 2.35. The Hall–Kier alpha value is -2.06. The topological polar surface area (TPSA) is 36.8 Å². The second kappa shape index (κ2) is 4.80. The van der Waals surface area contributed by atoms with Crippen molar-refractivity contribution >= 4 is 11.7 Å². The highest BCUT2D eigenvalue weighted by atomic mass is 19.4. The van der Waals surface area contributed by atoms with Crippen LogP contribution < -0.4 is 5.32 Å². The monoisotopic (exact) mass is 295 g/mol. The first kappa shape index (κ1) is 14.4. The lowest BCUT2D eigenvalue weighted by atomic mass is 10.2. The van der Waals surface area contributed by atoms with Crippen LogP contribution in [-0.2, 0) is 0 Å². The van der Waals surface area contributed by atoms with Crippen molar-refractivity contribution in [3.63, 3.8) is 0 Å². The normalized spacial score (nSPS) is 20.0. The number of rotatable bonds is 1. The second-order valence-corrected chi connectivity index (χ2v) is 3.86. The van der Waals surface area contributed by atoms with Gasteiger partial charge < -0.3 is 5.32 Å². The minimum atomic E-state index is -5.01. The molecular formula is C11H7F6N3. The molecule has 2 rings (SSSR count). The fraction of sp³-hybridized carbons (Fsp3) is 0.273. The Morgan fingerprint density at radius 2 is 1.50 bits per heavy atom. The summed E-state index contributed by atoms with van der Waals surface area (Å²) in [4.78, 5) is 5.75. The zero-order chi connectivity index (χ0) is 15.0. The van der Waals surface area contributed by atoms with Crippen LogP contribution in [-0.4, -0.2) is 30.2 Å². The summed E-state index contributed by atoms with van der Waals surface area (Å²) >= 11 is 0. The smallest absolute Gasteiger partial charge is 0.321 e. The summed E-state index contributed by atoms with van der Waals surface area (Å²) in [6.45, 7) is 0. The first-order chi connectivity index (χ1) is 9.18. The fourth-order valence-electron chi connectivity index (χ4n) is 1.48. The van der Waals surface area contributed by atoms with Gasteiger partial charge in [-0.2, -0.15) is 26.3 Å². The van der Waals surface area contributed by atoms with Crippen molar-refractivity contribution in [3.8, 4) is 0 Å². The average Bonchev–Trinajstić information content (AvgIpc) is 2.37. The summed E-state index contributed by atoms with van der Waals surface area (Å²) in [5, 5.41) is 1.79. The van der Waals surface area contributed by atoms with Crippen LogP contribution in [0.25, 0.3) is 0 Å². The Kier molecular flexibility index (Phi) is 3.45. The van der Waals surface area contributed by atoms with E-state index in [0.29, 0.717) is 0 Å². The molecule has 1 aromatic rings. The van der Waals surface area contributed by atoms with Crippen molar-refractivity contribution in [2.24, 2.45) is 9.98 Å². The Morgan fingerprint density at radius 1 is 0.900 bits per heavy atom. The standard InChI is InChI=1S/C11H7F6N3/c12-10(13,14)8-18-7(6-4-2-1-3-5-6)19-9(20-8)11(15,16)17/h1-5,8H,(H,18,19,20). The lowest BCUT2D eigenvalue weighted by Crippen LogP contribution is -2.47. The van der Waals surface area contributed by atoms with Crippen molar-refractivity contribution in [2.75, 3.05) is 0 Å². The molecule has 1 unspecified atom stereocenters. The summed E-state index contributed by atoms with van der Waals surface area (Å²) < 4.78 is 75.5. The molecule has 9 heteroatoms. The number of halogens is 6. The summed E-state index contributed by atoms with van der Waals surface area (Å²) in [7, 11) is 0. The largest absolute Gasteiger partial charge is 0.449 e. The summed E-state index contributed by atoms with van der Waals surface area (Å²) in [5.74, 6) is -2.23. The summed E-state index contributed by atoms with van der Waals surface area (Å²) in [5.41, 5.74) is 0.110. The van der Waals surface area contributed by atoms with E-state index in [2.05, 4.69) is 9.98 Å². The van der Waals surface area contributed by atoms with Gasteiger partial charge in [-0.3, -0.25) is 0 Å². The fourth-order valence-corrected chi connectivity index (χ4v) is 1.48. The molecule has 0 aromatic heterocycles. The van der Waals surface area contributed by atoms with E-state index in [4.69, 9.17) is 0 Å².